The SMILES string of the molecule is Cc1cc(C)cc(C(O)c2ccc(Cl)cc2Br)c1. The van der Waals surface area contributed by atoms with Crippen LogP contribution in [0.4, 0.5) is 0 Å². The molecule has 3 heteroatoms. The van der Waals surface area contributed by atoms with Crippen molar-refractivity contribution in [1.82, 2.24) is 0 Å². The zero-order chi connectivity index (χ0) is 13.3. The standard InChI is InChI=1S/C15H14BrClO/c1-9-5-10(2)7-11(6-9)15(18)13-4-3-12(17)8-14(13)16/h3-8,15,18H,1-2H3. The zero-order valence-corrected chi connectivity index (χ0v) is 12.6. The first kappa shape index (κ1) is 13.6. The lowest BCUT2D eigenvalue weighted by molar-refractivity contribution is 0.219. The number of hydrogen-bond acceptors (Lipinski definition) is 1. The highest BCUT2D eigenvalue weighted by Crippen LogP contribution is 2.31. The third-order valence-electron chi connectivity index (χ3n) is 2.82. The van der Waals surface area contributed by atoms with Gasteiger partial charge < -0.3 is 5.11 Å². The summed E-state index contributed by atoms with van der Waals surface area (Å²) in [6.45, 7) is 4.06. The minimum Gasteiger partial charge on any atom is -0.384 e. The molecule has 2 rings (SSSR count). The first-order valence-electron chi connectivity index (χ1n) is 5.68. The lowest BCUT2D eigenvalue weighted by atomic mass is 9.98. The maximum Gasteiger partial charge on any atom is 0.105 e. The summed E-state index contributed by atoms with van der Waals surface area (Å²) < 4.78 is 0.821. The van der Waals surface area contributed by atoms with Crippen LogP contribution < -0.4 is 0 Å². The third-order valence-corrected chi connectivity index (χ3v) is 3.74. The van der Waals surface area contributed by atoms with Gasteiger partial charge in [0.15, 0.2) is 0 Å². The predicted molar refractivity (Wildman–Crippen MR) is 79.1 cm³/mol. The predicted octanol–water partition coefficient (Wildman–Crippen LogP) is 4.80. The van der Waals surface area contributed by atoms with Crippen LogP contribution in [0.15, 0.2) is 40.9 Å². The molecule has 0 aliphatic carbocycles. The first-order chi connectivity index (χ1) is 8.47. The van der Waals surface area contributed by atoms with Crippen LogP contribution in [-0.4, -0.2) is 5.11 Å². The van der Waals surface area contributed by atoms with E-state index in [0.717, 1.165) is 26.7 Å². The van der Waals surface area contributed by atoms with E-state index in [0.29, 0.717) is 5.02 Å². The molecule has 2 aromatic carbocycles. The molecule has 0 bridgehead atoms. The van der Waals surface area contributed by atoms with Crippen molar-refractivity contribution in [1.29, 1.82) is 0 Å². The second-order valence-electron chi connectivity index (χ2n) is 4.49. The van der Waals surface area contributed by atoms with Crippen molar-refractivity contribution >= 4 is 27.5 Å². The molecule has 18 heavy (non-hydrogen) atoms. The summed E-state index contributed by atoms with van der Waals surface area (Å²) in [6, 6.07) is 11.5. The topological polar surface area (TPSA) is 20.2 Å². The summed E-state index contributed by atoms with van der Waals surface area (Å²) in [6.07, 6.45) is -0.643. The molecule has 0 saturated carbocycles. The van der Waals surface area contributed by atoms with Crippen molar-refractivity contribution in [2.24, 2.45) is 0 Å². The Morgan fingerprint density at radius 1 is 1.06 bits per heavy atom. The number of hydrogen-bond donors (Lipinski definition) is 1. The second kappa shape index (κ2) is 5.43. The van der Waals surface area contributed by atoms with Gasteiger partial charge in [-0.15, -0.1) is 0 Å². The minimum absolute atomic E-state index is 0.643. The van der Waals surface area contributed by atoms with Gasteiger partial charge in [-0.25, -0.2) is 0 Å². The molecule has 2 aromatic rings. The van der Waals surface area contributed by atoms with E-state index in [4.69, 9.17) is 11.6 Å². The van der Waals surface area contributed by atoms with E-state index >= 15 is 0 Å². The maximum atomic E-state index is 10.4. The third kappa shape index (κ3) is 2.94. The van der Waals surface area contributed by atoms with E-state index in [1.807, 2.05) is 32.0 Å². The second-order valence-corrected chi connectivity index (χ2v) is 5.78. The normalized spacial score (nSPS) is 12.5. The number of aliphatic hydroxyl groups is 1. The monoisotopic (exact) mass is 324 g/mol. The van der Waals surface area contributed by atoms with E-state index < -0.39 is 6.10 Å². The molecule has 0 aliphatic rings. The van der Waals surface area contributed by atoms with Crippen molar-refractivity contribution in [3.63, 3.8) is 0 Å². The number of benzene rings is 2. The average Bonchev–Trinajstić information content (AvgIpc) is 2.26. The van der Waals surface area contributed by atoms with Crippen molar-refractivity contribution < 1.29 is 5.11 Å². The van der Waals surface area contributed by atoms with Crippen LogP contribution in [0.1, 0.15) is 28.4 Å². The van der Waals surface area contributed by atoms with Gasteiger partial charge >= 0.3 is 0 Å². The Hall–Kier alpha value is -0.830. The van der Waals surface area contributed by atoms with E-state index in [1.54, 1.807) is 12.1 Å². The summed E-state index contributed by atoms with van der Waals surface area (Å²) in [5, 5.41) is 11.1. The summed E-state index contributed by atoms with van der Waals surface area (Å²) in [4.78, 5) is 0. The molecule has 0 aliphatic heterocycles. The van der Waals surface area contributed by atoms with Gasteiger partial charge in [-0.2, -0.15) is 0 Å². The van der Waals surface area contributed by atoms with Gasteiger partial charge in [-0.3, -0.25) is 0 Å². The molecule has 1 unspecified atom stereocenters. The van der Waals surface area contributed by atoms with E-state index in [1.165, 1.54) is 0 Å². The Kier molecular flexibility index (Phi) is 4.10. The highest BCUT2D eigenvalue weighted by molar-refractivity contribution is 9.10. The molecular formula is C15H14BrClO. The number of aryl methyl sites for hydroxylation is 2. The van der Waals surface area contributed by atoms with Gasteiger partial charge in [0.2, 0.25) is 0 Å². The molecule has 0 aromatic heterocycles. The number of halogens is 2. The lowest BCUT2D eigenvalue weighted by Crippen LogP contribution is -2.01. The Labute approximate surface area is 121 Å². The fraction of sp³-hybridized carbons (Fsp3) is 0.200. The van der Waals surface area contributed by atoms with Crippen molar-refractivity contribution in [2.75, 3.05) is 0 Å². The minimum atomic E-state index is -0.643. The molecule has 0 spiro atoms. The molecule has 0 saturated heterocycles. The highest BCUT2D eigenvalue weighted by atomic mass is 79.9. The van der Waals surface area contributed by atoms with Crippen molar-refractivity contribution in [2.45, 2.75) is 20.0 Å². The summed E-state index contributed by atoms with van der Waals surface area (Å²) in [7, 11) is 0. The van der Waals surface area contributed by atoms with Gasteiger partial charge in [0.25, 0.3) is 0 Å². The smallest absolute Gasteiger partial charge is 0.105 e. The van der Waals surface area contributed by atoms with E-state index in [-0.39, 0.29) is 0 Å². The molecule has 1 N–H and O–H groups in total. The fourth-order valence-corrected chi connectivity index (χ4v) is 2.97. The van der Waals surface area contributed by atoms with Gasteiger partial charge in [-0.05, 0) is 37.1 Å². The number of rotatable bonds is 2. The molecule has 0 heterocycles. The van der Waals surface area contributed by atoms with Gasteiger partial charge in [-0.1, -0.05) is 62.9 Å². The van der Waals surface area contributed by atoms with Gasteiger partial charge in [0.05, 0.1) is 0 Å². The van der Waals surface area contributed by atoms with Gasteiger partial charge in [0.1, 0.15) is 6.10 Å². The molecular weight excluding hydrogens is 312 g/mol. The Bertz CT molecular complexity index is 560. The van der Waals surface area contributed by atoms with Crippen LogP contribution in [0.25, 0.3) is 0 Å². The Morgan fingerprint density at radius 3 is 2.22 bits per heavy atom. The summed E-state index contributed by atoms with van der Waals surface area (Å²) >= 11 is 9.34. The summed E-state index contributed by atoms with van der Waals surface area (Å²) in [5.41, 5.74) is 4.02. The lowest BCUT2D eigenvalue weighted by Gasteiger charge is -2.15. The first-order valence-corrected chi connectivity index (χ1v) is 6.85. The van der Waals surface area contributed by atoms with Crippen molar-refractivity contribution in [3.05, 3.63) is 68.1 Å². The molecule has 1 nitrogen and oxygen atoms in total. The number of aliphatic hydroxyl groups excluding tert-OH is 1. The van der Waals surface area contributed by atoms with E-state index in [9.17, 15) is 5.11 Å². The summed E-state index contributed by atoms with van der Waals surface area (Å²) in [5.74, 6) is 0. The van der Waals surface area contributed by atoms with E-state index in [2.05, 4.69) is 22.0 Å². The van der Waals surface area contributed by atoms with Gasteiger partial charge in [0, 0.05) is 9.50 Å². The maximum absolute atomic E-state index is 10.4. The average molecular weight is 326 g/mol. The zero-order valence-electron chi connectivity index (χ0n) is 10.2. The van der Waals surface area contributed by atoms with Crippen LogP contribution >= 0.6 is 27.5 Å². The Morgan fingerprint density at radius 2 is 1.67 bits per heavy atom. The molecule has 1 atom stereocenters. The molecule has 0 radical (unpaired) electrons. The Balaban J connectivity index is 2.44. The fourth-order valence-electron chi connectivity index (χ4n) is 2.07. The molecule has 0 amide bonds. The molecule has 0 fully saturated rings. The largest absolute Gasteiger partial charge is 0.384 e. The van der Waals surface area contributed by atoms with Crippen LogP contribution in [-0.2, 0) is 0 Å². The van der Waals surface area contributed by atoms with Crippen LogP contribution in [0.2, 0.25) is 5.02 Å². The van der Waals surface area contributed by atoms with Crippen molar-refractivity contribution in [3.8, 4) is 0 Å². The highest BCUT2D eigenvalue weighted by Gasteiger charge is 2.14. The molecule has 94 valence electrons. The van der Waals surface area contributed by atoms with Crippen LogP contribution in [0.3, 0.4) is 0 Å². The van der Waals surface area contributed by atoms with Crippen LogP contribution in [0.5, 0.6) is 0 Å². The quantitative estimate of drug-likeness (QED) is 0.841. The van der Waals surface area contributed by atoms with Crippen LogP contribution in [0, 0.1) is 13.8 Å².